The van der Waals surface area contributed by atoms with Crippen molar-refractivity contribution in [3.05, 3.63) is 27.7 Å². The number of hydrogen-bond acceptors (Lipinski definition) is 4. The number of carbonyl (C=O) groups is 2. The molecular weight excluding hydrogens is 315 g/mol. The Labute approximate surface area is 135 Å². The second-order valence-corrected chi connectivity index (χ2v) is 5.61. The summed E-state index contributed by atoms with van der Waals surface area (Å²) in [6.45, 7) is 9.02. The van der Waals surface area contributed by atoms with Crippen molar-refractivity contribution in [1.82, 2.24) is 0 Å². The Hall–Kier alpha value is -1.26. The number of hydrogen-bond donors (Lipinski definition) is 0. The Bertz CT molecular complexity index is 470. The Morgan fingerprint density at radius 2 is 1.67 bits per heavy atom. The lowest BCUT2D eigenvalue weighted by Gasteiger charge is -2.19. The van der Waals surface area contributed by atoms with Gasteiger partial charge in [-0.2, -0.15) is 0 Å². The predicted molar refractivity (Wildman–Crippen MR) is 84.5 cm³/mol. The first kappa shape index (κ1) is 19.7. The molecule has 1 aromatic rings. The average molecular weight is 335 g/mol. The van der Waals surface area contributed by atoms with Crippen molar-refractivity contribution in [3.63, 3.8) is 0 Å². The Morgan fingerprint density at radius 1 is 1.19 bits per heavy atom. The van der Waals surface area contributed by atoms with Crippen LogP contribution >= 0.6 is 23.2 Å². The smallest absolute Gasteiger partial charge is 0.344 e. The van der Waals surface area contributed by atoms with Crippen molar-refractivity contribution in [2.45, 2.75) is 40.2 Å². The van der Waals surface area contributed by atoms with Crippen LogP contribution in [0.15, 0.2) is 12.1 Å². The maximum Gasteiger partial charge on any atom is 0.344 e. The molecule has 0 radical (unpaired) electrons. The molecule has 0 aliphatic rings. The van der Waals surface area contributed by atoms with Gasteiger partial charge in [0.25, 0.3) is 0 Å². The van der Waals surface area contributed by atoms with Crippen LogP contribution in [0.3, 0.4) is 0 Å². The zero-order chi connectivity index (χ0) is 16.6. The van der Waals surface area contributed by atoms with Crippen molar-refractivity contribution < 1.29 is 19.1 Å². The third kappa shape index (κ3) is 7.34. The molecule has 0 aliphatic carbocycles. The van der Waals surface area contributed by atoms with Gasteiger partial charge in [-0.1, -0.05) is 37.0 Å². The van der Waals surface area contributed by atoms with Crippen LogP contribution in [0.5, 0.6) is 5.75 Å². The van der Waals surface area contributed by atoms with Gasteiger partial charge in [0, 0.05) is 0 Å². The molecule has 0 atom stereocenters. The SMILES string of the molecule is CC.CC(C)(C)OC(=O)COc1cc(Cl)c(C=O)c(Cl)c1. The minimum atomic E-state index is -0.572. The lowest BCUT2D eigenvalue weighted by atomic mass is 10.2. The van der Waals surface area contributed by atoms with E-state index < -0.39 is 11.6 Å². The van der Waals surface area contributed by atoms with E-state index in [0.717, 1.165) is 0 Å². The van der Waals surface area contributed by atoms with Gasteiger partial charge in [0.15, 0.2) is 12.9 Å². The first-order chi connectivity index (χ1) is 9.73. The third-order valence-corrected chi connectivity index (χ3v) is 2.57. The highest BCUT2D eigenvalue weighted by Gasteiger charge is 2.17. The number of aldehydes is 1. The molecule has 0 heterocycles. The van der Waals surface area contributed by atoms with Gasteiger partial charge in [0.05, 0.1) is 15.6 Å². The lowest BCUT2D eigenvalue weighted by molar-refractivity contribution is -0.157. The fraction of sp³-hybridized carbons (Fsp3) is 0.467. The van der Waals surface area contributed by atoms with E-state index in [0.29, 0.717) is 12.0 Å². The average Bonchev–Trinajstić information content (AvgIpc) is 2.36. The van der Waals surface area contributed by atoms with Crippen LogP contribution in [0.2, 0.25) is 10.0 Å². The summed E-state index contributed by atoms with van der Waals surface area (Å²) in [7, 11) is 0. The molecule has 0 saturated carbocycles. The first-order valence-electron chi connectivity index (χ1n) is 6.52. The Kier molecular flexibility index (Phi) is 8.37. The van der Waals surface area contributed by atoms with E-state index in [2.05, 4.69) is 0 Å². The fourth-order valence-corrected chi connectivity index (χ4v) is 1.83. The molecule has 4 nitrogen and oxygen atoms in total. The summed E-state index contributed by atoms with van der Waals surface area (Å²) in [5.74, 6) is -0.203. The molecule has 0 N–H and O–H groups in total. The minimum absolute atomic E-state index is 0.168. The molecule has 6 heteroatoms. The molecule has 0 amide bonds. The Morgan fingerprint density at radius 3 is 2.05 bits per heavy atom. The summed E-state index contributed by atoms with van der Waals surface area (Å²) in [5.41, 5.74) is -0.384. The summed E-state index contributed by atoms with van der Waals surface area (Å²) in [6, 6.07) is 2.84. The second-order valence-electron chi connectivity index (χ2n) is 4.79. The van der Waals surface area contributed by atoms with Gasteiger partial charge in [-0.05, 0) is 32.9 Å². The zero-order valence-electron chi connectivity index (χ0n) is 12.8. The molecule has 118 valence electrons. The number of benzene rings is 1. The third-order valence-electron chi connectivity index (χ3n) is 1.95. The molecule has 0 bridgehead atoms. The molecular formula is C15H20Cl2O4. The molecule has 1 rings (SSSR count). The quantitative estimate of drug-likeness (QED) is 0.598. The highest BCUT2D eigenvalue weighted by atomic mass is 35.5. The van der Waals surface area contributed by atoms with Gasteiger partial charge in [0.1, 0.15) is 11.4 Å². The van der Waals surface area contributed by atoms with Crippen LogP contribution in [0.4, 0.5) is 0 Å². The summed E-state index contributed by atoms with van der Waals surface area (Å²) in [5, 5.41) is 0.336. The molecule has 0 aliphatic heterocycles. The van der Waals surface area contributed by atoms with Crippen molar-refractivity contribution in [2.75, 3.05) is 6.61 Å². The highest BCUT2D eigenvalue weighted by Crippen LogP contribution is 2.29. The minimum Gasteiger partial charge on any atom is -0.482 e. The first-order valence-corrected chi connectivity index (χ1v) is 7.27. The van der Waals surface area contributed by atoms with Crippen LogP contribution in [-0.4, -0.2) is 24.5 Å². The van der Waals surface area contributed by atoms with Crippen molar-refractivity contribution in [3.8, 4) is 5.75 Å². The van der Waals surface area contributed by atoms with Crippen molar-refractivity contribution in [1.29, 1.82) is 0 Å². The molecule has 1 aromatic carbocycles. The van der Waals surface area contributed by atoms with Crippen molar-refractivity contribution >= 4 is 35.5 Å². The number of carbonyl (C=O) groups excluding carboxylic acids is 2. The molecule has 0 unspecified atom stereocenters. The second kappa shape index (κ2) is 8.90. The normalized spacial score (nSPS) is 10.2. The molecule has 0 spiro atoms. The largest absolute Gasteiger partial charge is 0.482 e. The standard InChI is InChI=1S/C13H14Cl2O4.C2H6/c1-13(2,3)19-12(17)7-18-8-4-10(14)9(6-16)11(15)5-8;1-2/h4-6H,7H2,1-3H3;1-2H3. The van der Waals surface area contributed by atoms with Crippen LogP contribution in [-0.2, 0) is 9.53 Å². The molecule has 0 saturated heterocycles. The van der Waals surface area contributed by atoms with E-state index in [1.165, 1.54) is 12.1 Å². The van der Waals surface area contributed by atoms with Crippen LogP contribution in [0, 0.1) is 0 Å². The Balaban J connectivity index is 0.00000191. The molecule has 0 fully saturated rings. The van der Waals surface area contributed by atoms with E-state index in [4.69, 9.17) is 32.7 Å². The van der Waals surface area contributed by atoms with Crippen molar-refractivity contribution in [2.24, 2.45) is 0 Å². The maximum absolute atomic E-state index is 11.5. The summed E-state index contributed by atoms with van der Waals surface area (Å²) < 4.78 is 10.3. The predicted octanol–water partition coefficient (Wildman–Crippen LogP) is 4.55. The number of esters is 1. The zero-order valence-corrected chi connectivity index (χ0v) is 14.3. The van der Waals surface area contributed by atoms with Crippen LogP contribution < -0.4 is 4.74 Å². The van der Waals surface area contributed by atoms with Crippen LogP contribution in [0.25, 0.3) is 0 Å². The summed E-state index contributed by atoms with van der Waals surface area (Å²) in [4.78, 5) is 22.2. The maximum atomic E-state index is 11.5. The number of halogens is 2. The van der Waals surface area contributed by atoms with E-state index in [1.54, 1.807) is 20.8 Å². The van der Waals surface area contributed by atoms with Crippen LogP contribution in [0.1, 0.15) is 45.0 Å². The van der Waals surface area contributed by atoms with E-state index in [-0.39, 0.29) is 22.2 Å². The summed E-state index contributed by atoms with van der Waals surface area (Å²) >= 11 is 11.7. The number of ether oxygens (including phenoxy) is 2. The van der Waals surface area contributed by atoms with Gasteiger partial charge < -0.3 is 9.47 Å². The van der Waals surface area contributed by atoms with Gasteiger partial charge in [-0.25, -0.2) is 4.79 Å². The van der Waals surface area contributed by atoms with Gasteiger partial charge in [-0.3, -0.25) is 4.79 Å². The van der Waals surface area contributed by atoms with E-state index >= 15 is 0 Å². The monoisotopic (exact) mass is 334 g/mol. The fourth-order valence-electron chi connectivity index (χ4n) is 1.27. The van der Waals surface area contributed by atoms with E-state index in [1.807, 2.05) is 13.8 Å². The van der Waals surface area contributed by atoms with E-state index in [9.17, 15) is 9.59 Å². The lowest BCUT2D eigenvalue weighted by Crippen LogP contribution is -2.27. The van der Waals surface area contributed by atoms with Gasteiger partial charge in [0.2, 0.25) is 0 Å². The van der Waals surface area contributed by atoms with Gasteiger partial charge in [-0.15, -0.1) is 0 Å². The molecule has 0 aromatic heterocycles. The highest BCUT2D eigenvalue weighted by molar-refractivity contribution is 6.38. The number of rotatable bonds is 4. The molecule has 21 heavy (non-hydrogen) atoms. The summed E-state index contributed by atoms with van der Waals surface area (Å²) in [6.07, 6.45) is 0.558. The topological polar surface area (TPSA) is 52.6 Å². The van der Waals surface area contributed by atoms with Gasteiger partial charge >= 0.3 is 5.97 Å².